The Labute approximate surface area is 251 Å². The van der Waals surface area contributed by atoms with Crippen molar-refractivity contribution < 1.29 is 27.6 Å². The van der Waals surface area contributed by atoms with Crippen LogP contribution in [0.15, 0.2) is 12.2 Å². The molecule has 2 heterocycles. The van der Waals surface area contributed by atoms with Crippen LogP contribution in [0.1, 0.15) is 60.3 Å². The molecule has 2 aliphatic heterocycles. The molecule has 2 unspecified atom stereocenters. The van der Waals surface area contributed by atoms with Crippen molar-refractivity contribution in [3.05, 3.63) is 12.2 Å². The van der Waals surface area contributed by atoms with Crippen molar-refractivity contribution in [1.82, 2.24) is 0 Å². The van der Waals surface area contributed by atoms with E-state index < -0.39 is 45.6 Å². The Morgan fingerprint density at radius 1 is 0.875 bits per heavy atom. The Morgan fingerprint density at radius 3 is 1.70 bits per heavy atom. The first kappa shape index (κ1) is 36.5. The molecular formula is C28H62O6Si6. The third kappa shape index (κ3) is 7.34. The number of carbonyl (C=O) groups excluding carboxylic acids is 1. The fraction of sp³-hybridized carbons (Fsp3) is 0.893. The van der Waals surface area contributed by atoms with Gasteiger partial charge < -0.3 is 22.8 Å². The maximum absolute atomic E-state index is 12.3. The van der Waals surface area contributed by atoms with Gasteiger partial charge in [-0.2, -0.15) is 0 Å². The summed E-state index contributed by atoms with van der Waals surface area (Å²) in [4.78, 5) is 12.3. The minimum Gasteiger partial charge on any atom is -0.462 e. The van der Waals surface area contributed by atoms with Gasteiger partial charge in [0.1, 0.15) is 0 Å². The van der Waals surface area contributed by atoms with E-state index >= 15 is 0 Å². The average Bonchev–Trinajstić information content (AvgIpc) is 2.78. The Morgan fingerprint density at radius 2 is 1.32 bits per heavy atom. The van der Waals surface area contributed by atoms with Crippen LogP contribution in [0.2, 0.25) is 76.6 Å². The lowest BCUT2D eigenvalue weighted by molar-refractivity contribution is -0.138. The summed E-state index contributed by atoms with van der Waals surface area (Å²) >= 11 is 0. The second kappa shape index (κ2) is 12.4. The third-order valence-electron chi connectivity index (χ3n) is 10.6. The standard InChI is InChI=1S/C28H62O6Si6/c1-25(2)26(30)31-20-16-22-40(34-35(7,8)21-15-19-29,38(13)23-17-27(3,4)32-36(38,9)10)39(14)24-18-28(5,6)33-37(39,11)12/h29H,1,15-24H2,2-14H3. The Balaban J connectivity index is 2.80. The number of ether oxygens (including phenoxy) is 1. The van der Waals surface area contributed by atoms with Gasteiger partial charge in [0.2, 0.25) is 0 Å². The monoisotopic (exact) mass is 662 g/mol. The van der Waals surface area contributed by atoms with Crippen LogP contribution in [0.3, 0.4) is 0 Å². The van der Waals surface area contributed by atoms with Gasteiger partial charge in [0.05, 0.1) is 32.0 Å². The molecule has 6 nitrogen and oxygen atoms in total. The van der Waals surface area contributed by atoms with Gasteiger partial charge in [-0.05, 0) is 112 Å². The highest BCUT2D eigenvalue weighted by molar-refractivity contribution is 7.90. The Hall–Kier alpha value is 0.351. The maximum Gasteiger partial charge on any atom is 0.333 e. The van der Waals surface area contributed by atoms with Crippen LogP contribution in [0, 0.1) is 0 Å². The van der Waals surface area contributed by atoms with E-state index in [0.29, 0.717) is 12.2 Å². The van der Waals surface area contributed by atoms with Crippen molar-refractivity contribution in [3.8, 4) is 0 Å². The van der Waals surface area contributed by atoms with Crippen LogP contribution in [-0.4, -0.2) is 81.0 Å². The van der Waals surface area contributed by atoms with Crippen LogP contribution < -0.4 is 0 Å². The van der Waals surface area contributed by atoms with Gasteiger partial charge in [-0.1, -0.05) is 31.8 Å². The summed E-state index contributed by atoms with van der Waals surface area (Å²) in [5.74, 6) is -0.298. The molecule has 0 aromatic heterocycles. The molecule has 0 amide bonds. The first-order chi connectivity index (χ1) is 17.9. The van der Waals surface area contributed by atoms with E-state index in [2.05, 4.69) is 86.6 Å². The fourth-order valence-electron chi connectivity index (χ4n) is 7.86. The number of aliphatic hydroxyl groups excluding tert-OH is 1. The largest absolute Gasteiger partial charge is 0.462 e. The number of carbonyl (C=O) groups is 1. The topological polar surface area (TPSA) is 74.2 Å². The molecule has 0 aliphatic carbocycles. The maximum atomic E-state index is 12.3. The van der Waals surface area contributed by atoms with E-state index in [-0.39, 0.29) is 23.8 Å². The summed E-state index contributed by atoms with van der Waals surface area (Å²) in [5, 5.41) is 9.79. The van der Waals surface area contributed by atoms with E-state index in [4.69, 9.17) is 17.7 Å². The highest BCUT2D eigenvalue weighted by Crippen LogP contribution is 2.54. The van der Waals surface area contributed by atoms with Crippen molar-refractivity contribution in [2.45, 2.75) is 148 Å². The van der Waals surface area contributed by atoms with Crippen LogP contribution in [0.4, 0.5) is 0 Å². The zero-order valence-corrected chi connectivity index (χ0v) is 34.3. The second-order valence-corrected chi connectivity index (χ2v) is 65.5. The summed E-state index contributed by atoms with van der Waals surface area (Å²) in [6, 6.07) is 4.54. The zero-order valence-electron chi connectivity index (χ0n) is 28.3. The molecule has 40 heavy (non-hydrogen) atoms. The predicted octanol–water partition coefficient (Wildman–Crippen LogP) is 7.32. The van der Waals surface area contributed by atoms with Gasteiger partial charge >= 0.3 is 5.97 Å². The molecule has 2 fully saturated rings. The summed E-state index contributed by atoms with van der Waals surface area (Å²) in [5.41, 5.74) is 0.265. The van der Waals surface area contributed by atoms with E-state index in [1.54, 1.807) is 6.92 Å². The number of esters is 1. The lowest BCUT2D eigenvalue weighted by Crippen LogP contribution is -2.93. The summed E-state index contributed by atoms with van der Waals surface area (Å²) in [6.45, 7) is 35.4. The second-order valence-electron chi connectivity index (χ2n) is 15.9. The van der Waals surface area contributed by atoms with E-state index in [9.17, 15) is 9.90 Å². The third-order valence-corrected chi connectivity index (χ3v) is 96.5. The van der Waals surface area contributed by atoms with E-state index in [1.807, 2.05) is 0 Å². The smallest absolute Gasteiger partial charge is 0.333 e. The number of hydrogen-bond acceptors (Lipinski definition) is 6. The molecule has 0 saturated carbocycles. The average molecular weight is 663 g/mol. The molecule has 2 rings (SSSR count). The van der Waals surface area contributed by atoms with Crippen molar-refractivity contribution >= 4 is 51.5 Å². The van der Waals surface area contributed by atoms with Gasteiger partial charge in [-0.3, -0.25) is 0 Å². The Bertz CT molecular complexity index is 892. The summed E-state index contributed by atoms with van der Waals surface area (Å²) < 4.78 is 28.3. The molecule has 0 radical (unpaired) electrons. The SMILES string of the molecule is C=C(C)C(=O)OCCC[Si](O[Si](C)(C)CCCO)([Si]1(C)CCC(C)(C)O[Si]1(C)C)[Si]1(C)CCC(C)(C)O[Si]1(C)C. The van der Waals surface area contributed by atoms with E-state index in [1.165, 1.54) is 12.1 Å². The van der Waals surface area contributed by atoms with Gasteiger partial charge in [-0.25, -0.2) is 4.79 Å². The van der Waals surface area contributed by atoms with Crippen LogP contribution >= 0.6 is 0 Å². The molecule has 0 aromatic carbocycles. The lowest BCUT2D eigenvalue weighted by Gasteiger charge is -2.67. The highest BCUT2D eigenvalue weighted by Gasteiger charge is 2.76. The number of hydrogen-bond donors (Lipinski definition) is 1. The van der Waals surface area contributed by atoms with Crippen molar-refractivity contribution in [1.29, 1.82) is 0 Å². The Kier molecular flexibility index (Phi) is 11.3. The van der Waals surface area contributed by atoms with Crippen molar-refractivity contribution in [3.63, 3.8) is 0 Å². The molecule has 12 heteroatoms. The molecule has 0 aromatic rings. The quantitative estimate of drug-likeness (QED) is 0.102. The van der Waals surface area contributed by atoms with Crippen LogP contribution in [-0.2, 0) is 22.5 Å². The number of aliphatic hydroxyl groups is 1. The van der Waals surface area contributed by atoms with Gasteiger partial charge in [0.25, 0.3) is 0 Å². The molecule has 0 spiro atoms. The summed E-state index contributed by atoms with van der Waals surface area (Å²) in [6.07, 6.45) is 3.81. The molecule has 234 valence electrons. The minimum atomic E-state index is -2.51. The molecular weight excluding hydrogens is 601 g/mol. The van der Waals surface area contributed by atoms with Crippen molar-refractivity contribution in [2.24, 2.45) is 0 Å². The molecule has 2 aliphatic rings. The van der Waals surface area contributed by atoms with Crippen molar-refractivity contribution in [2.75, 3.05) is 13.2 Å². The zero-order chi connectivity index (χ0) is 31.1. The lowest BCUT2D eigenvalue weighted by atomic mass is 10.1. The van der Waals surface area contributed by atoms with E-state index in [0.717, 1.165) is 37.8 Å². The van der Waals surface area contributed by atoms with Gasteiger partial charge in [0, 0.05) is 12.2 Å². The van der Waals surface area contributed by atoms with Crippen LogP contribution in [0.5, 0.6) is 0 Å². The molecule has 0 bridgehead atoms. The molecule has 1 N–H and O–H groups in total. The van der Waals surface area contributed by atoms with Crippen LogP contribution in [0.25, 0.3) is 0 Å². The summed E-state index contributed by atoms with van der Waals surface area (Å²) in [7, 11) is -13.2. The number of rotatable bonds is 12. The normalized spacial score (nSPS) is 30.8. The highest BCUT2D eigenvalue weighted by atomic mass is 30.0. The first-order valence-electron chi connectivity index (χ1n) is 15.5. The van der Waals surface area contributed by atoms with Gasteiger partial charge in [-0.15, -0.1) is 0 Å². The molecule has 2 saturated heterocycles. The minimum absolute atomic E-state index is 0.0936. The van der Waals surface area contributed by atoms with Gasteiger partial charge in [0.15, 0.2) is 31.3 Å². The fourth-order valence-corrected chi connectivity index (χ4v) is 132. The first-order valence-corrected chi connectivity index (χ1v) is 35.9. The molecule has 2 atom stereocenters. The predicted molar refractivity (Wildman–Crippen MR) is 183 cm³/mol.